The lowest BCUT2D eigenvalue weighted by molar-refractivity contribution is -0.121. The first kappa shape index (κ1) is 16.9. The summed E-state index contributed by atoms with van der Waals surface area (Å²) >= 11 is 1.27. The summed E-state index contributed by atoms with van der Waals surface area (Å²) in [5.41, 5.74) is 1.65. The molecule has 6 nitrogen and oxygen atoms in total. The second-order valence-corrected chi connectivity index (χ2v) is 6.31. The Hall–Kier alpha value is -2.93. The van der Waals surface area contributed by atoms with E-state index in [2.05, 4.69) is 15.6 Å². The fourth-order valence-corrected chi connectivity index (χ4v) is 3.00. The van der Waals surface area contributed by atoms with Gasteiger partial charge in [-0.1, -0.05) is 30.3 Å². The maximum Gasteiger partial charge on any atom is 0.293 e. The molecular formula is C18H17N3O3S. The van der Waals surface area contributed by atoms with Crippen molar-refractivity contribution >= 4 is 28.3 Å². The molecule has 0 bridgehead atoms. The first-order valence-electron chi connectivity index (χ1n) is 7.75. The first-order valence-corrected chi connectivity index (χ1v) is 8.63. The summed E-state index contributed by atoms with van der Waals surface area (Å²) < 4.78 is 5.03. The van der Waals surface area contributed by atoms with E-state index in [0.717, 1.165) is 5.56 Å². The Morgan fingerprint density at radius 1 is 1.20 bits per heavy atom. The molecule has 2 N–H and O–H groups in total. The zero-order chi connectivity index (χ0) is 17.6. The molecule has 3 rings (SSSR count). The summed E-state index contributed by atoms with van der Waals surface area (Å²) in [5, 5.41) is 7.77. The number of nitrogens with zero attached hydrogens (tertiary/aromatic N) is 1. The van der Waals surface area contributed by atoms with Gasteiger partial charge in [-0.05, 0) is 24.6 Å². The molecule has 0 spiro atoms. The lowest BCUT2D eigenvalue weighted by Gasteiger charge is -2.13. The summed E-state index contributed by atoms with van der Waals surface area (Å²) in [7, 11) is 0. The summed E-state index contributed by atoms with van der Waals surface area (Å²) in [5.74, 6) is -0.273. The molecule has 7 heteroatoms. The largest absolute Gasteiger partial charge is 0.459 e. The highest BCUT2D eigenvalue weighted by Gasteiger charge is 2.14. The van der Waals surface area contributed by atoms with Crippen LogP contribution in [0.2, 0.25) is 0 Å². The molecule has 0 aliphatic heterocycles. The normalized spacial score (nSPS) is 11.7. The van der Waals surface area contributed by atoms with Crippen molar-refractivity contribution in [3.05, 3.63) is 71.1 Å². The summed E-state index contributed by atoms with van der Waals surface area (Å²) in [6, 6.07) is 12.9. The van der Waals surface area contributed by atoms with Crippen molar-refractivity contribution in [2.75, 3.05) is 5.32 Å². The number of hydrogen-bond donors (Lipinski definition) is 2. The molecule has 3 aromatic rings. The molecular weight excluding hydrogens is 338 g/mol. The van der Waals surface area contributed by atoms with Gasteiger partial charge in [0, 0.05) is 5.38 Å². The molecule has 0 unspecified atom stereocenters. The Bertz CT molecular complexity index is 844. The Morgan fingerprint density at radius 2 is 2.00 bits per heavy atom. The number of benzene rings is 1. The summed E-state index contributed by atoms with van der Waals surface area (Å²) in [6.45, 7) is 1.93. The van der Waals surface area contributed by atoms with Gasteiger partial charge in [0.1, 0.15) is 0 Å². The molecule has 2 aromatic heterocycles. The average molecular weight is 355 g/mol. The zero-order valence-corrected chi connectivity index (χ0v) is 14.4. The lowest BCUT2D eigenvalue weighted by Crippen LogP contribution is -2.28. The van der Waals surface area contributed by atoms with E-state index in [4.69, 9.17) is 4.42 Å². The highest BCUT2D eigenvalue weighted by molar-refractivity contribution is 7.14. The van der Waals surface area contributed by atoms with Crippen molar-refractivity contribution < 1.29 is 14.0 Å². The van der Waals surface area contributed by atoms with Gasteiger partial charge >= 0.3 is 0 Å². The first-order chi connectivity index (χ1) is 12.1. The third-order valence-electron chi connectivity index (χ3n) is 3.54. The average Bonchev–Trinajstić information content (AvgIpc) is 3.27. The molecule has 0 saturated heterocycles. The third-order valence-corrected chi connectivity index (χ3v) is 4.34. The SMILES string of the molecule is C[C@@H](NC(=O)Cc1csc(NC(=O)c2ccco2)n1)c1ccccc1. The van der Waals surface area contributed by atoms with Gasteiger partial charge < -0.3 is 9.73 Å². The highest BCUT2D eigenvalue weighted by atomic mass is 32.1. The number of carbonyl (C=O) groups excluding carboxylic acids is 2. The molecule has 0 aliphatic rings. The van der Waals surface area contributed by atoms with Gasteiger partial charge in [0.05, 0.1) is 24.4 Å². The van der Waals surface area contributed by atoms with Crippen LogP contribution in [0.1, 0.15) is 34.8 Å². The van der Waals surface area contributed by atoms with Gasteiger partial charge in [-0.3, -0.25) is 14.9 Å². The number of hydrogen-bond acceptors (Lipinski definition) is 5. The minimum Gasteiger partial charge on any atom is -0.459 e. The van der Waals surface area contributed by atoms with Crippen LogP contribution in [0, 0.1) is 0 Å². The van der Waals surface area contributed by atoms with Crippen molar-refractivity contribution in [1.29, 1.82) is 0 Å². The number of nitrogens with one attached hydrogen (secondary N) is 2. The molecule has 1 atom stereocenters. The predicted molar refractivity (Wildman–Crippen MR) is 95.5 cm³/mol. The van der Waals surface area contributed by atoms with E-state index < -0.39 is 0 Å². The van der Waals surface area contributed by atoms with Crippen molar-refractivity contribution in [2.24, 2.45) is 0 Å². The number of furan rings is 1. The maximum atomic E-state index is 12.2. The second kappa shape index (κ2) is 7.76. The van der Waals surface area contributed by atoms with Gasteiger partial charge in [-0.2, -0.15) is 0 Å². The molecule has 2 heterocycles. The maximum absolute atomic E-state index is 12.2. The number of carbonyl (C=O) groups is 2. The highest BCUT2D eigenvalue weighted by Crippen LogP contribution is 2.18. The van der Waals surface area contributed by atoms with E-state index in [-0.39, 0.29) is 30.0 Å². The summed E-state index contributed by atoms with van der Waals surface area (Å²) in [6.07, 6.45) is 1.59. The fourth-order valence-electron chi connectivity index (χ4n) is 2.29. The fraction of sp³-hybridized carbons (Fsp3) is 0.167. The Kier molecular flexibility index (Phi) is 5.25. The van der Waals surface area contributed by atoms with Crippen LogP contribution in [0.5, 0.6) is 0 Å². The molecule has 128 valence electrons. The van der Waals surface area contributed by atoms with Crippen LogP contribution in [-0.2, 0) is 11.2 Å². The Morgan fingerprint density at radius 3 is 2.72 bits per heavy atom. The third kappa shape index (κ3) is 4.54. The van der Waals surface area contributed by atoms with Gasteiger partial charge in [0.25, 0.3) is 5.91 Å². The molecule has 0 radical (unpaired) electrons. The van der Waals surface area contributed by atoms with Gasteiger partial charge in [0.2, 0.25) is 5.91 Å². The van der Waals surface area contributed by atoms with Gasteiger partial charge in [-0.15, -0.1) is 11.3 Å². The van der Waals surface area contributed by atoms with E-state index in [9.17, 15) is 9.59 Å². The van der Waals surface area contributed by atoms with Crippen LogP contribution in [0.25, 0.3) is 0 Å². The zero-order valence-electron chi connectivity index (χ0n) is 13.6. The molecule has 2 amide bonds. The van der Waals surface area contributed by atoms with Gasteiger partial charge in [0.15, 0.2) is 10.9 Å². The Labute approximate surface area is 148 Å². The number of aromatic nitrogens is 1. The van der Waals surface area contributed by atoms with Crippen molar-refractivity contribution in [3.8, 4) is 0 Å². The van der Waals surface area contributed by atoms with Crippen molar-refractivity contribution in [2.45, 2.75) is 19.4 Å². The van der Waals surface area contributed by atoms with E-state index >= 15 is 0 Å². The van der Waals surface area contributed by atoms with Crippen LogP contribution in [0.15, 0.2) is 58.5 Å². The number of rotatable bonds is 6. The predicted octanol–water partition coefficient (Wildman–Crippen LogP) is 3.41. The van der Waals surface area contributed by atoms with Gasteiger partial charge in [-0.25, -0.2) is 4.98 Å². The monoisotopic (exact) mass is 355 g/mol. The number of thiazole rings is 1. The van der Waals surface area contributed by atoms with E-state index in [1.807, 2.05) is 37.3 Å². The minimum atomic E-state index is -0.368. The molecule has 0 fully saturated rings. The van der Waals surface area contributed by atoms with E-state index in [0.29, 0.717) is 10.8 Å². The Balaban J connectivity index is 1.54. The van der Waals surface area contributed by atoms with Crippen molar-refractivity contribution in [1.82, 2.24) is 10.3 Å². The quantitative estimate of drug-likeness (QED) is 0.710. The van der Waals surface area contributed by atoms with Crippen LogP contribution in [0.3, 0.4) is 0 Å². The number of amides is 2. The molecule has 0 saturated carbocycles. The number of anilines is 1. The molecule has 25 heavy (non-hydrogen) atoms. The van der Waals surface area contributed by atoms with E-state index in [1.54, 1.807) is 17.5 Å². The second-order valence-electron chi connectivity index (χ2n) is 5.45. The minimum absolute atomic E-state index is 0.0783. The van der Waals surface area contributed by atoms with Crippen LogP contribution >= 0.6 is 11.3 Å². The summed E-state index contributed by atoms with van der Waals surface area (Å²) in [4.78, 5) is 28.3. The van der Waals surface area contributed by atoms with E-state index in [1.165, 1.54) is 17.6 Å². The smallest absolute Gasteiger partial charge is 0.293 e. The van der Waals surface area contributed by atoms with Crippen LogP contribution in [0.4, 0.5) is 5.13 Å². The van der Waals surface area contributed by atoms with Crippen molar-refractivity contribution in [3.63, 3.8) is 0 Å². The molecule has 0 aliphatic carbocycles. The topological polar surface area (TPSA) is 84.2 Å². The van der Waals surface area contributed by atoms with Crippen LogP contribution in [-0.4, -0.2) is 16.8 Å². The lowest BCUT2D eigenvalue weighted by atomic mass is 10.1. The standard InChI is InChI=1S/C18H17N3O3S/c1-12(13-6-3-2-4-7-13)19-16(22)10-14-11-25-18(20-14)21-17(23)15-8-5-9-24-15/h2-9,11-12H,10H2,1H3,(H,19,22)(H,20,21,23)/t12-/m1/s1. The molecule has 1 aromatic carbocycles. The van der Waals surface area contributed by atoms with Crippen LogP contribution < -0.4 is 10.6 Å².